The Labute approximate surface area is 147 Å². The van der Waals surface area contributed by atoms with Crippen LogP contribution in [-0.2, 0) is 29.6 Å². The molecule has 138 valence electrons. The van der Waals surface area contributed by atoms with Gasteiger partial charge >= 0.3 is 0 Å². The van der Waals surface area contributed by atoms with Crippen molar-refractivity contribution in [2.24, 2.45) is 5.41 Å². The third-order valence-electron chi connectivity index (χ3n) is 4.26. The Kier molecular flexibility index (Phi) is 4.43. The molecule has 0 unspecified atom stereocenters. The van der Waals surface area contributed by atoms with E-state index in [0.29, 0.717) is 13.2 Å². The standard InChI is InChI=1S/C15H20N2O6S2/c1-15(2)11-24(19,20)17(14(15)18)12-3-5-13(6-4-12)25(21,22)16-7-9-23-10-8-16/h3-6H,7-11H2,1-2H3. The second kappa shape index (κ2) is 6.04. The highest BCUT2D eigenvalue weighted by atomic mass is 32.2. The van der Waals surface area contributed by atoms with Gasteiger partial charge in [0.05, 0.1) is 35.0 Å². The van der Waals surface area contributed by atoms with Gasteiger partial charge in [0.25, 0.3) is 0 Å². The molecular weight excluding hydrogens is 368 g/mol. The van der Waals surface area contributed by atoms with Crippen LogP contribution < -0.4 is 4.31 Å². The first-order chi connectivity index (χ1) is 11.6. The summed E-state index contributed by atoms with van der Waals surface area (Å²) in [6.07, 6.45) is 0. The van der Waals surface area contributed by atoms with Crippen molar-refractivity contribution in [3.8, 4) is 0 Å². The zero-order valence-corrected chi connectivity index (χ0v) is 15.6. The van der Waals surface area contributed by atoms with Crippen molar-refractivity contribution in [1.29, 1.82) is 0 Å². The molecule has 0 atom stereocenters. The lowest BCUT2D eigenvalue weighted by atomic mass is 9.95. The van der Waals surface area contributed by atoms with E-state index in [4.69, 9.17) is 4.74 Å². The molecule has 2 aliphatic rings. The van der Waals surface area contributed by atoms with Gasteiger partial charge in [-0.15, -0.1) is 0 Å². The molecule has 2 saturated heterocycles. The van der Waals surface area contributed by atoms with E-state index >= 15 is 0 Å². The number of sulfonamides is 2. The Hall–Kier alpha value is -1.49. The molecular formula is C15H20N2O6S2. The van der Waals surface area contributed by atoms with Crippen molar-refractivity contribution in [2.75, 3.05) is 36.4 Å². The van der Waals surface area contributed by atoms with Crippen LogP contribution in [0.5, 0.6) is 0 Å². The molecule has 2 aliphatic heterocycles. The fraction of sp³-hybridized carbons (Fsp3) is 0.533. The highest BCUT2D eigenvalue weighted by molar-refractivity contribution is 7.94. The summed E-state index contributed by atoms with van der Waals surface area (Å²) in [6.45, 7) is 4.38. The van der Waals surface area contributed by atoms with Crippen molar-refractivity contribution < 1.29 is 26.4 Å². The molecule has 0 saturated carbocycles. The van der Waals surface area contributed by atoms with Crippen LogP contribution in [0.1, 0.15) is 13.8 Å². The van der Waals surface area contributed by atoms with Gasteiger partial charge in [0.15, 0.2) is 0 Å². The van der Waals surface area contributed by atoms with Crippen LogP contribution in [0.2, 0.25) is 0 Å². The number of benzene rings is 1. The Bertz CT molecular complexity index is 884. The predicted molar refractivity (Wildman–Crippen MR) is 91.1 cm³/mol. The number of amides is 1. The first kappa shape index (κ1) is 18.3. The number of hydrogen-bond acceptors (Lipinski definition) is 6. The lowest BCUT2D eigenvalue weighted by Gasteiger charge is -2.26. The zero-order valence-electron chi connectivity index (χ0n) is 14.0. The van der Waals surface area contributed by atoms with E-state index in [0.717, 1.165) is 4.31 Å². The summed E-state index contributed by atoms with van der Waals surface area (Å²) in [4.78, 5) is 12.4. The number of anilines is 1. The topological polar surface area (TPSA) is 101 Å². The summed E-state index contributed by atoms with van der Waals surface area (Å²) < 4.78 is 57.0. The largest absolute Gasteiger partial charge is 0.379 e. The number of rotatable bonds is 3. The second-order valence-electron chi connectivity index (χ2n) is 6.72. The summed E-state index contributed by atoms with van der Waals surface area (Å²) in [7, 11) is -7.43. The van der Waals surface area contributed by atoms with Crippen molar-refractivity contribution in [3.63, 3.8) is 0 Å². The summed E-state index contributed by atoms with van der Waals surface area (Å²) in [5, 5.41) is 0. The highest BCUT2D eigenvalue weighted by Crippen LogP contribution is 2.36. The van der Waals surface area contributed by atoms with Gasteiger partial charge in [-0.05, 0) is 38.1 Å². The van der Waals surface area contributed by atoms with E-state index in [9.17, 15) is 21.6 Å². The third-order valence-corrected chi connectivity index (χ3v) is 8.20. The Balaban J connectivity index is 1.92. The Morgan fingerprint density at radius 2 is 1.64 bits per heavy atom. The minimum absolute atomic E-state index is 0.0569. The average molecular weight is 388 g/mol. The van der Waals surface area contributed by atoms with Crippen LogP contribution in [0.3, 0.4) is 0 Å². The number of morpholine rings is 1. The maximum Gasteiger partial charge on any atom is 0.247 e. The molecule has 2 fully saturated rings. The molecule has 25 heavy (non-hydrogen) atoms. The van der Waals surface area contributed by atoms with E-state index in [2.05, 4.69) is 0 Å². The molecule has 0 bridgehead atoms. The Morgan fingerprint density at radius 3 is 2.12 bits per heavy atom. The van der Waals surface area contributed by atoms with Crippen molar-refractivity contribution in [1.82, 2.24) is 4.31 Å². The molecule has 0 radical (unpaired) electrons. The maximum atomic E-state index is 12.6. The van der Waals surface area contributed by atoms with Crippen molar-refractivity contribution in [3.05, 3.63) is 24.3 Å². The molecule has 0 aromatic heterocycles. The number of carbonyl (C=O) groups excluding carboxylic acids is 1. The third kappa shape index (κ3) is 3.19. The van der Waals surface area contributed by atoms with Crippen LogP contribution >= 0.6 is 0 Å². The first-order valence-corrected chi connectivity index (χ1v) is 10.9. The smallest absolute Gasteiger partial charge is 0.247 e. The lowest BCUT2D eigenvalue weighted by molar-refractivity contribution is -0.123. The monoisotopic (exact) mass is 388 g/mol. The quantitative estimate of drug-likeness (QED) is 0.743. The first-order valence-electron chi connectivity index (χ1n) is 7.81. The summed E-state index contributed by atoms with van der Waals surface area (Å²) in [5.41, 5.74) is -0.853. The minimum Gasteiger partial charge on any atom is -0.379 e. The molecule has 0 aliphatic carbocycles. The van der Waals surface area contributed by atoms with Crippen LogP contribution in [0.4, 0.5) is 5.69 Å². The van der Waals surface area contributed by atoms with Crippen LogP contribution in [0.25, 0.3) is 0 Å². The van der Waals surface area contributed by atoms with Gasteiger partial charge in [-0.25, -0.2) is 21.1 Å². The van der Waals surface area contributed by atoms with Crippen molar-refractivity contribution >= 4 is 31.6 Å². The van der Waals surface area contributed by atoms with E-state index in [-0.39, 0.29) is 29.4 Å². The number of hydrogen-bond donors (Lipinski definition) is 0. The normalized spacial score (nSPS) is 23.8. The van der Waals surface area contributed by atoms with Gasteiger partial charge in [0.2, 0.25) is 26.0 Å². The van der Waals surface area contributed by atoms with E-state index < -0.39 is 31.4 Å². The predicted octanol–water partition coefficient (Wildman–Crippen LogP) is 0.410. The van der Waals surface area contributed by atoms with Gasteiger partial charge < -0.3 is 4.74 Å². The fourth-order valence-corrected chi connectivity index (χ4v) is 6.47. The van der Waals surface area contributed by atoms with Crippen molar-refractivity contribution in [2.45, 2.75) is 18.7 Å². The number of nitrogens with zero attached hydrogens (tertiary/aromatic N) is 2. The van der Waals surface area contributed by atoms with Crippen LogP contribution in [-0.4, -0.2) is 59.1 Å². The van der Waals surface area contributed by atoms with E-state index in [1.807, 2.05) is 0 Å². The Morgan fingerprint density at radius 1 is 1.08 bits per heavy atom. The second-order valence-corrected chi connectivity index (χ2v) is 10.5. The average Bonchev–Trinajstić information content (AvgIpc) is 2.71. The number of ether oxygens (including phenoxy) is 1. The molecule has 0 N–H and O–H groups in total. The lowest BCUT2D eigenvalue weighted by Crippen LogP contribution is -2.40. The van der Waals surface area contributed by atoms with Gasteiger partial charge in [-0.1, -0.05) is 0 Å². The molecule has 1 aromatic rings. The highest BCUT2D eigenvalue weighted by Gasteiger charge is 2.49. The molecule has 1 aromatic carbocycles. The SMILES string of the molecule is CC1(C)CS(=O)(=O)N(c2ccc(S(=O)(=O)N3CCOCC3)cc2)C1=O. The molecule has 10 heteroatoms. The van der Waals surface area contributed by atoms with Crippen LogP contribution in [0, 0.1) is 5.41 Å². The minimum atomic E-state index is -3.76. The zero-order chi connectivity index (χ0) is 18.5. The molecule has 2 heterocycles. The fourth-order valence-electron chi connectivity index (χ4n) is 2.95. The summed E-state index contributed by atoms with van der Waals surface area (Å²) >= 11 is 0. The van der Waals surface area contributed by atoms with E-state index in [1.165, 1.54) is 28.6 Å². The molecule has 1 amide bonds. The maximum absolute atomic E-state index is 12.6. The van der Waals surface area contributed by atoms with Gasteiger partial charge in [0.1, 0.15) is 0 Å². The summed E-state index contributed by atoms with van der Waals surface area (Å²) in [5.74, 6) is -0.788. The van der Waals surface area contributed by atoms with Gasteiger partial charge in [0, 0.05) is 13.1 Å². The van der Waals surface area contributed by atoms with E-state index in [1.54, 1.807) is 13.8 Å². The molecule has 3 rings (SSSR count). The number of carbonyl (C=O) groups is 1. The van der Waals surface area contributed by atoms with Crippen LogP contribution in [0.15, 0.2) is 29.2 Å². The van der Waals surface area contributed by atoms with Gasteiger partial charge in [-0.2, -0.15) is 4.31 Å². The van der Waals surface area contributed by atoms with Gasteiger partial charge in [-0.3, -0.25) is 4.79 Å². The summed E-state index contributed by atoms with van der Waals surface area (Å²) in [6, 6.07) is 5.36. The molecule has 8 nitrogen and oxygen atoms in total. The molecule has 0 spiro atoms.